The van der Waals surface area contributed by atoms with Crippen LogP contribution in [-0.4, -0.2) is 24.5 Å². The number of alkyl halides is 3. The van der Waals surface area contributed by atoms with Crippen molar-refractivity contribution in [3.05, 3.63) is 35.1 Å². The fourth-order valence-corrected chi connectivity index (χ4v) is 2.46. The van der Waals surface area contributed by atoms with Crippen LogP contribution in [0.1, 0.15) is 62.4 Å². The molecule has 8 heteroatoms. The summed E-state index contributed by atoms with van der Waals surface area (Å²) in [6.45, 7) is 5.50. The molecule has 0 radical (unpaired) electrons. The van der Waals surface area contributed by atoms with E-state index in [0.717, 1.165) is 31.4 Å². The number of carbonyl (C=O) groups excluding carboxylic acids is 2. The van der Waals surface area contributed by atoms with E-state index in [4.69, 9.17) is 4.74 Å². The third-order valence-electron chi connectivity index (χ3n) is 3.98. The lowest BCUT2D eigenvalue weighted by Crippen LogP contribution is -2.45. The molecule has 1 unspecified atom stereocenters. The van der Waals surface area contributed by atoms with Crippen LogP contribution >= 0.6 is 0 Å². The van der Waals surface area contributed by atoms with Gasteiger partial charge in [0.15, 0.2) is 0 Å². The summed E-state index contributed by atoms with van der Waals surface area (Å²) < 4.78 is 57.5. The third-order valence-corrected chi connectivity index (χ3v) is 3.98. The van der Waals surface area contributed by atoms with Crippen LogP contribution in [0.15, 0.2) is 18.2 Å². The number of esters is 1. The maximum absolute atomic E-state index is 13.2. The molecule has 1 rings (SSSR count). The number of rotatable bonds is 9. The summed E-state index contributed by atoms with van der Waals surface area (Å²) >= 11 is 0. The minimum atomic E-state index is -4.90. The molecule has 0 aromatic heterocycles. The molecule has 1 N–H and O–H groups in total. The molecule has 0 fully saturated rings. The Morgan fingerprint density at radius 2 is 1.81 bits per heavy atom. The van der Waals surface area contributed by atoms with Crippen LogP contribution < -0.4 is 5.32 Å². The molecule has 0 spiro atoms. The van der Waals surface area contributed by atoms with Gasteiger partial charge in [0.1, 0.15) is 11.9 Å². The van der Waals surface area contributed by atoms with Gasteiger partial charge in [0.05, 0.1) is 17.7 Å². The standard InChI is InChI=1S/C19H25F4NO3/c1-4-5-6-7-10-27-18(26)16(12(2)3)24-17(25)14-9-8-13(20)11-15(14)19(21,22)23/h8-9,11-12,16H,4-7,10H2,1-3H3,(H,24,25). The maximum Gasteiger partial charge on any atom is 0.417 e. The second-order valence-electron chi connectivity index (χ2n) is 6.61. The largest absolute Gasteiger partial charge is 0.464 e. The molecule has 0 aliphatic carbocycles. The summed E-state index contributed by atoms with van der Waals surface area (Å²) in [6, 6.07) is 0.669. The molecule has 0 aliphatic rings. The van der Waals surface area contributed by atoms with E-state index in [0.29, 0.717) is 6.42 Å². The van der Waals surface area contributed by atoms with E-state index in [1.807, 2.05) is 6.92 Å². The molecule has 0 bridgehead atoms. The third kappa shape index (κ3) is 7.19. The fraction of sp³-hybridized carbons (Fsp3) is 0.579. The zero-order chi connectivity index (χ0) is 20.6. The topological polar surface area (TPSA) is 55.4 Å². The maximum atomic E-state index is 13.2. The highest BCUT2D eigenvalue weighted by Crippen LogP contribution is 2.32. The lowest BCUT2D eigenvalue weighted by molar-refractivity contribution is -0.147. The van der Waals surface area contributed by atoms with Gasteiger partial charge in [-0.05, 0) is 30.5 Å². The van der Waals surface area contributed by atoms with E-state index in [1.54, 1.807) is 13.8 Å². The summed E-state index contributed by atoms with van der Waals surface area (Å²) in [5, 5.41) is 2.28. The van der Waals surface area contributed by atoms with Gasteiger partial charge in [-0.15, -0.1) is 0 Å². The molecular weight excluding hydrogens is 366 g/mol. The highest BCUT2D eigenvalue weighted by Gasteiger charge is 2.37. The molecule has 0 saturated heterocycles. The van der Waals surface area contributed by atoms with Crippen LogP contribution in [0.3, 0.4) is 0 Å². The molecule has 0 saturated carbocycles. The predicted molar refractivity (Wildman–Crippen MR) is 92.6 cm³/mol. The van der Waals surface area contributed by atoms with Crippen molar-refractivity contribution < 1.29 is 31.9 Å². The molecule has 1 atom stereocenters. The Hall–Kier alpha value is -2.12. The van der Waals surface area contributed by atoms with Gasteiger partial charge in [0.25, 0.3) is 5.91 Å². The highest BCUT2D eigenvalue weighted by atomic mass is 19.4. The van der Waals surface area contributed by atoms with Crippen molar-refractivity contribution in [2.75, 3.05) is 6.61 Å². The Morgan fingerprint density at radius 3 is 2.37 bits per heavy atom. The van der Waals surface area contributed by atoms with Crippen molar-refractivity contribution in [3.8, 4) is 0 Å². The number of halogens is 4. The number of carbonyl (C=O) groups is 2. The summed E-state index contributed by atoms with van der Waals surface area (Å²) in [5.41, 5.74) is -2.14. The lowest BCUT2D eigenvalue weighted by Gasteiger charge is -2.22. The Balaban J connectivity index is 2.86. The first-order valence-electron chi connectivity index (χ1n) is 8.92. The van der Waals surface area contributed by atoms with E-state index in [9.17, 15) is 27.2 Å². The fourth-order valence-electron chi connectivity index (χ4n) is 2.46. The normalized spacial score (nSPS) is 12.7. The van der Waals surface area contributed by atoms with Gasteiger partial charge < -0.3 is 10.1 Å². The Labute approximate surface area is 156 Å². The number of benzene rings is 1. The van der Waals surface area contributed by atoms with Crippen molar-refractivity contribution in [3.63, 3.8) is 0 Å². The van der Waals surface area contributed by atoms with E-state index >= 15 is 0 Å². The molecule has 1 aromatic rings. The van der Waals surface area contributed by atoms with Crippen molar-refractivity contribution in [2.45, 2.75) is 58.7 Å². The molecule has 1 amide bonds. The molecule has 4 nitrogen and oxygen atoms in total. The molecule has 27 heavy (non-hydrogen) atoms. The van der Waals surface area contributed by atoms with Gasteiger partial charge in [-0.2, -0.15) is 13.2 Å². The van der Waals surface area contributed by atoms with Crippen LogP contribution in [-0.2, 0) is 15.7 Å². The van der Waals surface area contributed by atoms with Crippen LogP contribution in [0.25, 0.3) is 0 Å². The number of nitrogens with one attached hydrogen (secondary N) is 1. The Morgan fingerprint density at radius 1 is 1.15 bits per heavy atom. The zero-order valence-electron chi connectivity index (χ0n) is 15.7. The summed E-state index contributed by atoms with van der Waals surface area (Å²) in [4.78, 5) is 24.5. The average Bonchev–Trinajstić information content (AvgIpc) is 2.57. The quantitative estimate of drug-likeness (QED) is 0.376. The van der Waals surface area contributed by atoms with Crippen molar-refractivity contribution >= 4 is 11.9 Å². The molecule has 1 aromatic carbocycles. The smallest absolute Gasteiger partial charge is 0.417 e. The minimum Gasteiger partial charge on any atom is -0.464 e. The summed E-state index contributed by atoms with van der Waals surface area (Å²) in [5.74, 6) is -3.31. The highest BCUT2D eigenvalue weighted by molar-refractivity contribution is 5.98. The first-order chi connectivity index (χ1) is 12.6. The Bertz CT molecular complexity index is 644. The Kier molecular flexibility index (Phi) is 8.72. The molecule has 152 valence electrons. The number of hydrogen-bond donors (Lipinski definition) is 1. The summed E-state index contributed by atoms with van der Waals surface area (Å²) in [6.07, 6.45) is -1.30. The van der Waals surface area contributed by atoms with E-state index in [-0.39, 0.29) is 12.7 Å². The zero-order valence-corrected chi connectivity index (χ0v) is 15.7. The van der Waals surface area contributed by atoms with E-state index in [2.05, 4.69) is 5.32 Å². The van der Waals surface area contributed by atoms with Crippen LogP contribution in [0, 0.1) is 11.7 Å². The van der Waals surface area contributed by atoms with Crippen molar-refractivity contribution in [2.24, 2.45) is 5.92 Å². The number of unbranched alkanes of at least 4 members (excludes halogenated alkanes) is 3. The average molecular weight is 391 g/mol. The first-order valence-corrected chi connectivity index (χ1v) is 8.92. The van der Waals surface area contributed by atoms with Gasteiger partial charge >= 0.3 is 12.1 Å². The van der Waals surface area contributed by atoms with Crippen molar-refractivity contribution in [1.82, 2.24) is 5.32 Å². The predicted octanol–water partition coefficient (Wildman–Crippen LogP) is 4.72. The number of hydrogen-bond acceptors (Lipinski definition) is 3. The van der Waals surface area contributed by atoms with E-state index < -0.39 is 47.0 Å². The molecule has 0 aliphatic heterocycles. The number of ether oxygens (including phenoxy) is 1. The van der Waals surface area contributed by atoms with Gasteiger partial charge in [-0.3, -0.25) is 4.79 Å². The number of amides is 1. The van der Waals surface area contributed by atoms with Crippen LogP contribution in [0.5, 0.6) is 0 Å². The summed E-state index contributed by atoms with van der Waals surface area (Å²) in [7, 11) is 0. The van der Waals surface area contributed by atoms with Crippen LogP contribution in [0.2, 0.25) is 0 Å². The van der Waals surface area contributed by atoms with Crippen LogP contribution in [0.4, 0.5) is 17.6 Å². The van der Waals surface area contributed by atoms with Gasteiger partial charge in [0.2, 0.25) is 0 Å². The van der Waals surface area contributed by atoms with E-state index in [1.165, 1.54) is 0 Å². The second kappa shape index (κ2) is 10.3. The molecular formula is C19H25F4NO3. The van der Waals surface area contributed by atoms with Gasteiger partial charge in [-0.25, -0.2) is 9.18 Å². The second-order valence-corrected chi connectivity index (χ2v) is 6.61. The first kappa shape index (κ1) is 22.9. The monoisotopic (exact) mass is 391 g/mol. The van der Waals surface area contributed by atoms with Crippen molar-refractivity contribution in [1.29, 1.82) is 0 Å². The van der Waals surface area contributed by atoms with Gasteiger partial charge in [0, 0.05) is 0 Å². The SMILES string of the molecule is CCCCCCOC(=O)C(NC(=O)c1ccc(F)cc1C(F)(F)F)C(C)C. The minimum absolute atomic E-state index is 0.183. The van der Waals surface area contributed by atoms with Gasteiger partial charge in [-0.1, -0.05) is 40.0 Å². The molecule has 0 heterocycles. The lowest BCUT2D eigenvalue weighted by atomic mass is 10.0.